The van der Waals surface area contributed by atoms with Gasteiger partial charge in [-0.25, -0.2) is 4.39 Å². The van der Waals surface area contributed by atoms with Gasteiger partial charge in [0.05, 0.1) is 12.1 Å². The zero-order valence-electron chi connectivity index (χ0n) is 11.3. The maximum Gasteiger partial charge on any atom is 0.196 e. The van der Waals surface area contributed by atoms with E-state index < -0.39 is 0 Å². The highest BCUT2D eigenvalue weighted by Crippen LogP contribution is 2.44. The fraction of sp³-hybridized carbons (Fsp3) is 0.533. The van der Waals surface area contributed by atoms with Crippen LogP contribution in [0.4, 0.5) is 10.1 Å². The van der Waals surface area contributed by atoms with Crippen molar-refractivity contribution in [3.8, 4) is 0 Å². The Morgan fingerprint density at radius 1 is 1.53 bits per heavy atom. The largest absolute Gasteiger partial charge is 0.369 e. The van der Waals surface area contributed by atoms with Gasteiger partial charge in [0.1, 0.15) is 5.82 Å². The Bertz CT molecular complexity index is 514. The van der Waals surface area contributed by atoms with Crippen molar-refractivity contribution in [2.45, 2.75) is 38.1 Å². The Morgan fingerprint density at radius 3 is 3.05 bits per heavy atom. The Morgan fingerprint density at radius 2 is 2.37 bits per heavy atom. The maximum absolute atomic E-state index is 13.5. The summed E-state index contributed by atoms with van der Waals surface area (Å²) in [7, 11) is 0. The first-order chi connectivity index (χ1) is 9.14. The van der Waals surface area contributed by atoms with Gasteiger partial charge >= 0.3 is 0 Å². The Kier molecular flexibility index (Phi) is 2.96. The molecule has 0 bridgehead atoms. The number of nitrogens with zero attached hydrogens (tertiary/aromatic N) is 2. The molecule has 1 saturated carbocycles. The second kappa shape index (κ2) is 4.51. The first kappa shape index (κ1) is 12.5. The number of hydrogen-bond acceptors (Lipinski definition) is 3. The summed E-state index contributed by atoms with van der Waals surface area (Å²) < 4.78 is 13.5. The predicted octanol–water partition coefficient (Wildman–Crippen LogP) is 2.91. The van der Waals surface area contributed by atoms with Gasteiger partial charge in [0.2, 0.25) is 0 Å². The number of nitrogens with two attached hydrogens (primary N) is 1. The molecule has 0 radical (unpaired) electrons. The fourth-order valence-electron chi connectivity index (χ4n) is 3.54. The predicted molar refractivity (Wildman–Crippen MR) is 75.7 cm³/mol. The van der Waals surface area contributed by atoms with Crippen LogP contribution in [0.2, 0.25) is 0 Å². The highest BCUT2D eigenvalue weighted by atomic mass is 19.1. The molecule has 2 aliphatic rings. The molecule has 0 amide bonds. The smallest absolute Gasteiger partial charge is 0.196 e. The van der Waals surface area contributed by atoms with Crippen LogP contribution >= 0.6 is 0 Å². The lowest BCUT2D eigenvalue weighted by molar-refractivity contribution is 0.434. The zero-order valence-corrected chi connectivity index (χ0v) is 11.3. The lowest BCUT2D eigenvalue weighted by Crippen LogP contribution is -2.50. The van der Waals surface area contributed by atoms with E-state index in [0.29, 0.717) is 5.96 Å². The van der Waals surface area contributed by atoms with Crippen LogP contribution in [0.25, 0.3) is 0 Å². The molecule has 0 saturated heterocycles. The number of aliphatic imine (C=N–C) groups is 1. The third kappa shape index (κ3) is 1.99. The summed E-state index contributed by atoms with van der Waals surface area (Å²) in [5.74, 6) is 1.04. The Labute approximate surface area is 113 Å². The molecular weight excluding hydrogens is 241 g/mol. The molecule has 1 aliphatic carbocycles. The molecular formula is C15H20FN3. The lowest BCUT2D eigenvalue weighted by atomic mass is 9.93. The van der Waals surface area contributed by atoms with Gasteiger partial charge in [-0.2, -0.15) is 0 Å². The van der Waals surface area contributed by atoms with Crippen LogP contribution in [-0.2, 0) is 0 Å². The molecule has 2 N–H and O–H groups in total. The van der Waals surface area contributed by atoms with Gasteiger partial charge in [0.25, 0.3) is 0 Å². The van der Waals surface area contributed by atoms with Crippen LogP contribution in [0.5, 0.6) is 0 Å². The van der Waals surface area contributed by atoms with Gasteiger partial charge in [-0.15, -0.1) is 0 Å². The highest BCUT2D eigenvalue weighted by molar-refractivity contribution is 5.98. The van der Waals surface area contributed by atoms with E-state index in [1.807, 2.05) is 6.07 Å². The standard InChI is InChI=1S/C15H20FN3/c1-2-11-6-7-15(9-11)10-18-14(17)19(15)13-5-3-4-12(16)8-13/h3-5,8,11H,2,6-7,9-10H2,1H3,(H2,17,18). The van der Waals surface area contributed by atoms with E-state index in [4.69, 9.17) is 5.73 Å². The van der Waals surface area contributed by atoms with Crippen LogP contribution in [0.1, 0.15) is 32.6 Å². The number of benzene rings is 1. The van der Waals surface area contributed by atoms with Gasteiger partial charge in [0.15, 0.2) is 5.96 Å². The van der Waals surface area contributed by atoms with E-state index in [0.717, 1.165) is 31.0 Å². The van der Waals surface area contributed by atoms with Crippen molar-refractivity contribution in [1.29, 1.82) is 0 Å². The molecule has 1 aliphatic heterocycles. The summed E-state index contributed by atoms with van der Waals surface area (Å²) >= 11 is 0. The molecule has 3 nitrogen and oxygen atoms in total. The fourth-order valence-corrected chi connectivity index (χ4v) is 3.54. The van der Waals surface area contributed by atoms with Crippen LogP contribution < -0.4 is 10.6 Å². The van der Waals surface area contributed by atoms with Gasteiger partial charge in [-0.05, 0) is 43.4 Å². The van der Waals surface area contributed by atoms with Crippen LogP contribution in [-0.4, -0.2) is 18.0 Å². The molecule has 1 fully saturated rings. The second-order valence-corrected chi connectivity index (χ2v) is 5.73. The van der Waals surface area contributed by atoms with E-state index in [9.17, 15) is 4.39 Å². The third-order valence-corrected chi connectivity index (χ3v) is 4.57. The second-order valence-electron chi connectivity index (χ2n) is 5.73. The van der Waals surface area contributed by atoms with Crippen molar-refractivity contribution in [3.05, 3.63) is 30.1 Å². The van der Waals surface area contributed by atoms with Crippen molar-refractivity contribution in [2.24, 2.45) is 16.6 Å². The molecule has 1 spiro atoms. The van der Waals surface area contributed by atoms with E-state index in [2.05, 4.69) is 16.8 Å². The first-order valence-electron chi connectivity index (χ1n) is 7.00. The van der Waals surface area contributed by atoms with Gasteiger partial charge < -0.3 is 10.6 Å². The van der Waals surface area contributed by atoms with E-state index in [1.165, 1.54) is 18.9 Å². The number of anilines is 1. The quantitative estimate of drug-likeness (QED) is 0.889. The van der Waals surface area contributed by atoms with Crippen molar-refractivity contribution in [3.63, 3.8) is 0 Å². The molecule has 1 heterocycles. The molecule has 1 aromatic carbocycles. The Balaban J connectivity index is 1.95. The minimum atomic E-state index is -0.225. The van der Waals surface area contributed by atoms with Crippen molar-refractivity contribution >= 4 is 11.6 Å². The monoisotopic (exact) mass is 261 g/mol. The average molecular weight is 261 g/mol. The van der Waals surface area contributed by atoms with Crippen LogP contribution in [0.3, 0.4) is 0 Å². The number of guanidine groups is 1. The summed E-state index contributed by atoms with van der Waals surface area (Å²) in [6.07, 6.45) is 4.60. The minimum Gasteiger partial charge on any atom is -0.369 e. The van der Waals surface area contributed by atoms with E-state index >= 15 is 0 Å². The van der Waals surface area contributed by atoms with E-state index in [-0.39, 0.29) is 11.4 Å². The topological polar surface area (TPSA) is 41.6 Å². The molecule has 0 aromatic heterocycles. The SMILES string of the molecule is CCC1CCC2(CN=C(N)N2c2cccc(F)c2)C1. The van der Waals surface area contributed by atoms with Crippen LogP contribution in [0.15, 0.2) is 29.3 Å². The minimum absolute atomic E-state index is 0.0153. The molecule has 2 unspecified atom stereocenters. The number of halogens is 1. The summed E-state index contributed by atoms with van der Waals surface area (Å²) in [4.78, 5) is 6.49. The molecule has 3 rings (SSSR count). The van der Waals surface area contributed by atoms with Crippen molar-refractivity contribution < 1.29 is 4.39 Å². The summed E-state index contributed by atoms with van der Waals surface area (Å²) in [6.45, 7) is 2.97. The van der Waals surface area contributed by atoms with Gasteiger partial charge in [-0.3, -0.25) is 4.99 Å². The third-order valence-electron chi connectivity index (χ3n) is 4.57. The van der Waals surface area contributed by atoms with Crippen LogP contribution in [0, 0.1) is 11.7 Å². The summed E-state index contributed by atoms with van der Waals surface area (Å²) in [6, 6.07) is 6.66. The maximum atomic E-state index is 13.5. The number of rotatable bonds is 2. The lowest BCUT2D eigenvalue weighted by Gasteiger charge is -2.36. The van der Waals surface area contributed by atoms with Gasteiger partial charge in [-0.1, -0.05) is 19.4 Å². The van der Waals surface area contributed by atoms with Crippen molar-refractivity contribution in [1.82, 2.24) is 0 Å². The molecule has 1 aromatic rings. The number of hydrogen-bond donors (Lipinski definition) is 1. The molecule has 2 atom stereocenters. The highest BCUT2D eigenvalue weighted by Gasteiger charge is 2.47. The summed E-state index contributed by atoms with van der Waals surface area (Å²) in [5, 5.41) is 0. The normalized spacial score (nSPS) is 30.1. The first-order valence-corrected chi connectivity index (χ1v) is 7.00. The average Bonchev–Trinajstić information content (AvgIpc) is 2.95. The zero-order chi connectivity index (χ0) is 13.5. The Hall–Kier alpha value is -1.58. The molecule has 4 heteroatoms. The van der Waals surface area contributed by atoms with Crippen molar-refractivity contribution in [2.75, 3.05) is 11.4 Å². The van der Waals surface area contributed by atoms with Gasteiger partial charge in [0, 0.05) is 5.69 Å². The summed E-state index contributed by atoms with van der Waals surface area (Å²) in [5.41, 5.74) is 6.87. The van der Waals surface area contributed by atoms with E-state index in [1.54, 1.807) is 12.1 Å². The molecule has 102 valence electrons. The molecule has 19 heavy (non-hydrogen) atoms.